The third kappa shape index (κ3) is 1.75. The van der Waals surface area contributed by atoms with E-state index in [0.717, 1.165) is 22.5 Å². The zero-order chi connectivity index (χ0) is 13.9. The molecule has 0 saturated carbocycles. The van der Waals surface area contributed by atoms with Crippen molar-refractivity contribution < 1.29 is 0 Å². The molecule has 0 radical (unpaired) electrons. The van der Waals surface area contributed by atoms with Crippen molar-refractivity contribution in [2.45, 2.75) is 13.1 Å². The molecule has 0 aliphatic carbocycles. The van der Waals surface area contributed by atoms with Crippen molar-refractivity contribution in [1.82, 2.24) is 4.65 Å². The van der Waals surface area contributed by atoms with Gasteiger partial charge in [0.2, 0.25) is 0 Å². The number of halogens is 2. The fourth-order valence-electron chi connectivity index (χ4n) is 3.25. The van der Waals surface area contributed by atoms with Gasteiger partial charge in [0.25, 0.3) is 0 Å². The molecule has 2 aromatic rings. The number of hydrogen-bond acceptors (Lipinski definition) is 2. The highest BCUT2D eigenvalue weighted by Gasteiger charge is 2.38. The highest BCUT2D eigenvalue weighted by molar-refractivity contribution is 6.31. The largest absolute Gasteiger partial charge is 0.626 e. The van der Waals surface area contributed by atoms with Crippen molar-refractivity contribution in [3.63, 3.8) is 0 Å². The quantitative estimate of drug-likeness (QED) is 0.536. The van der Waals surface area contributed by atoms with Gasteiger partial charge < -0.3 is 14.8 Å². The van der Waals surface area contributed by atoms with E-state index in [-0.39, 0.29) is 4.65 Å². The van der Waals surface area contributed by atoms with Gasteiger partial charge in [0.15, 0.2) is 6.67 Å². The second kappa shape index (κ2) is 4.12. The van der Waals surface area contributed by atoms with Crippen molar-refractivity contribution in [2.24, 2.45) is 0 Å². The minimum atomic E-state index is -0.361. The molecule has 2 aliphatic rings. The summed E-state index contributed by atoms with van der Waals surface area (Å²) < 4.78 is -0.361. The summed E-state index contributed by atoms with van der Waals surface area (Å²) in [6.45, 7) is 1.58. The van der Waals surface area contributed by atoms with E-state index in [4.69, 9.17) is 23.2 Å². The Kier molecular flexibility index (Phi) is 2.57. The smallest absolute Gasteiger partial charge is 0.159 e. The van der Waals surface area contributed by atoms with Gasteiger partial charge in [-0.1, -0.05) is 23.2 Å². The number of anilines is 1. The second-order valence-corrected chi connectivity index (χ2v) is 6.31. The summed E-state index contributed by atoms with van der Waals surface area (Å²) in [4.78, 5) is 2.11. The van der Waals surface area contributed by atoms with E-state index < -0.39 is 0 Å². The van der Waals surface area contributed by atoms with Crippen LogP contribution in [0, 0.1) is 5.21 Å². The molecule has 2 heterocycles. The fourth-order valence-corrected chi connectivity index (χ4v) is 3.64. The van der Waals surface area contributed by atoms with Crippen LogP contribution in [0.25, 0.3) is 0 Å². The molecule has 0 fully saturated rings. The first-order valence-corrected chi connectivity index (χ1v) is 7.21. The van der Waals surface area contributed by atoms with Crippen molar-refractivity contribution >= 4 is 34.6 Å². The van der Waals surface area contributed by atoms with Gasteiger partial charge in [0.1, 0.15) is 12.2 Å². The van der Waals surface area contributed by atoms with Crippen LogP contribution in [0.15, 0.2) is 36.4 Å². The Hall–Kier alpha value is -1.26. The number of quaternary nitrogens is 1. The third-order valence-electron chi connectivity index (χ3n) is 4.05. The summed E-state index contributed by atoms with van der Waals surface area (Å²) in [6.07, 6.45) is 0. The summed E-state index contributed by atoms with van der Waals surface area (Å²) in [5.41, 5.74) is 3.94. The molecule has 2 bridgehead atoms. The van der Waals surface area contributed by atoms with Gasteiger partial charge in [-0.3, -0.25) is 0 Å². The molecule has 3 nitrogen and oxygen atoms in total. The maximum atomic E-state index is 13.2. The average Bonchev–Trinajstić information content (AvgIpc) is 2.37. The topological polar surface area (TPSA) is 26.3 Å². The molecule has 0 N–H and O–H groups in total. The minimum Gasteiger partial charge on any atom is -0.626 e. The molecule has 0 spiro atoms. The molecule has 0 aromatic heterocycles. The number of fused-ring (bicyclic) bond motifs is 6. The van der Waals surface area contributed by atoms with Crippen LogP contribution in [-0.2, 0) is 13.1 Å². The van der Waals surface area contributed by atoms with Crippen LogP contribution >= 0.6 is 23.2 Å². The Labute approximate surface area is 127 Å². The lowest BCUT2D eigenvalue weighted by Crippen LogP contribution is -2.57. The lowest BCUT2D eigenvalue weighted by molar-refractivity contribution is 0.323. The predicted octanol–water partition coefficient (Wildman–Crippen LogP) is 4.29. The molecule has 4 rings (SSSR count). The summed E-state index contributed by atoms with van der Waals surface area (Å²) in [5, 5.41) is 14.5. The van der Waals surface area contributed by atoms with Gasteiger partial charge in [-0.15, -0.1) is 0 Å². The SMILES string of the molecule is [O-][N@@+]12Cc3cc(Cl)ccc3N(Cc3cc(Cl)ccc31)C2. The average molecular weight is 307 g/mol. The zero-order valence-electron chi connectivity index (χ0n) is 10.6. The Morgan fingerprint density at radius 1 is 1.00 bits per heavy atom. The first kappa shape index (κ1) is 12.5. The molecule has 2 aromatic carbocycles. The van der Waals surface area contributed by atoms with Gasteiger partial charge in [0, 0.05) is 27.2 Å². The van der Waals surface area contributed by atoms with E-state index in [1.807, 2.05) is 30.3 Å². The highest BCUT2D eigenvalue weighted by Crippen LogP contribution is 2.43. The molecule has 0 unspecified atom stereocenters. The van der Waals surface area contributed by atoms with E-state index in [1.165, 1.54) is 0 Å². The van der Waals surface area contributed by atoms with Crippen LogP contribution in [0.4, 0.5) is 11.4 Å². The Balaban J connectivity index is 1.90. The minimum absolute atomic E-state index is 0.361. The number of hydrogen-bond donors (Lipinski definition) is 0. The summed E-state index contributed by atoms with van der Waals surface area (Å²) in [5.74, 6) is 0. The number of rotatable bonds is 0. The fraction of sp³-hybridized carbons (Fsp3) is 0.200. The monoisotopic (exact) mass is 306 g/mol. The Morgan fingerprint density at radius 3 is 2.50 bits per heavy atom. The van der Waals surface area contributed by atoms with Crippen LogP contribution in [0.2, 0.25) is 10.0 Å². The maximum absolute atomic E-state index is 13.2. The van der Waals surface area contributed by atoms with Crippen LogP contribution in [-0.4, -0.2) is 6.67 Å². The number of benzene rings is 2. The van der Waals surface area contributed by atoms with E-state index >= 15 is 0 Å². The molecule has 2 aliphatic heterocycles. The Morgan fingerprint density at radius 2 is 1.70 bits per heavy atom. The van der Waals surface area contributed by atoms with E-state index in [1.54, 1.807) is 6.07 Å². The van der Waals surface area contributed by atoms with Crippen LogP contribution in [0.1, 0.15) is 11.1 Å². The van der Waals surface area contributed by atoms with Crippen LogP contribution < -0.4 is 9.55 Å². The van der Waals surface area contributed by atoms with E-state index in [9.17, 15) is 5.21 Å². The highest BCUT2D eigenvalue weighted by atomic mass is 35.5. The molecular weight excluding hydrogens is 295 g/mol. The number of nitrogens with zero attached hydrogens (tertiary/aromatic N) is 2. The molecule has 0 saturated heterocycles. The van der Waals surface area contributed by atoms with Gasteiger partial charge in [0.05, 0.1) is 12.2 Å². The lowest BCUT2D eigenvalue weighted by atomic mass is 10.0. The van der Waals surface area contributed by atoms with Crippen molar-refractivity contribution in [2.75, 3.05) is 11.6 Å². The van der Waals surface area contributed by atoms with E-state index in [0.29, 0.717) is 29.8 Å². The predicted molar refractivity (Wildman–Crippen MR) is 82.8 cm³/mol. The van der Waals surface area contributed by atoms with Crippen LogP contribution in [0.3, 0.4) is 0 Å². The van der Waals surface area contributed by atoms with E-state index in [2.05, 4.69) is 4.90 Å². The molecule has 0 amide bonds. The summed E-state index contributed by atoms with van der Waals surface area (Å²) >= 11 is 12.1. The zero-order valence-corrected chi connectivity index (χ0v) is 12.2. The van der Waals surface area contributed by atoms with Gasteiger partial charge in [-0.25, -0.2) is 0 Å². The molecule has 20 heavy (non-hydrogen) atoms. The Bertz CT molecular complexity index is 719. The molecule has 5 heteroatoms. The molecule has 102 valence electrons. The standard InChI is InChI=1S/C15H12Cl2N2O/c16-12-1-3-14-11(6-12)8-19(20)9-18(14)7-10-5-13(17)2-4-15(10)19/h1-6H,7-9H2/t19-/m1/s1. The van der Waals surface area contributed by atoms with Crippen molar-refractivity contribution in [3.05, 3.63) is 62.8 Å². The van der Waals surface area contributed by atoms with Crippen molar-refractivity contribution in [3.8, 4) is 0 Å². The number of hydroxylamine groups is 2. The molecule has 1 atom stereocenters. The van der Waals surface area contributed by atoms with Gasteiger partial charge >= 0.3 is 0 Å². The second-order valence-electron chi connectivity index (χ2n) is 5.43. The maximum Gasteiger partial charge on any atom is 0.159 e. The lowest BCUT2D eigenvalue weighted by Gasteiger charge is -2.53. The van der Waals surface area contributed by atoms with Gasteiger partial charge in [-0.2, -0.15) is 0 Å². The summed E-state index contributed by atoms with van der Waals surface area (Å²) in [6, 6.07) is 11.3. The first-order chi connectivity index (χ1) is 9.55. The first-order valence-electron chi connectivity index (χ1n) is 6.46. The normalized spacial score (nSPS) is 23.2. The van der Waals surface area contributed by atoms with Gasteiger partial charge in [-0.05, 0) is 30.3 Å². The molecular formula is C15H12Cl2N2O. The van der Waals surface area contributed by atoms with Crippen LogP contribution in [0.5, 0.6) is 0 Å². The summed E-state index contributed by atoms with van der Waals surface area (Å²) in [7, 11) is 0. The van der Waals surface area contributed by atoms with Crippen molar-refractivity contribution in [1.29, 1.82) is 0 Å². The third-order valence-corrected chi connectivity index (χ3v) is 4.52.